The van der Waals surface area contributed by atoms with Gasteiger partial charge < -0.3 is 10.6 Å². The van der Waals surface area contributed by atoms with E-state index in [1.165, 1.54) is 11.6 Å². The van der Waals surface area contributed by atoms with E-state index in [1.807, 2.05) is 18.2 Å². The molecule has 0 saturated carbocycles. The number of aryl methyl sites for hydroxylation is 1. The van der Waals surface area contributed by atoms with Crippen molar-refractivity contribution in [2.75, 3.05) is 10.6 Å². The lowest BCUT2D eigenvalue weighted by Gasteiger charge is -2.37. The van der Waals surface area contributed by atoms with Gasteiger partial charge in [0.25, 0.3) is 0 Å². The van der Waals surface area contributed by atoms with Crippen molar-refractivity contribution in [2.45, 2.75) is 25.8 Å². The Morgan fingerprint density at radius 2 is 1.84 bits per heavy atom. The zero-order valence-electron chi connectivity index (χ0n) is 10.9. The quantitative estimate of drug-likeness (QED) is 0.784. The number of nitrogens with zero attached hydrogens (tertiary/aromatic N) is 1. The summed E-state index contributed by atoms with van der Waals surface area (Å²) >= 11 is 0. The van der Waals surface area contributed by atoms with Crippen molar-refractivity contribution in [1.82, 2.24) is 0 Å². The fourth-order valence-corrected chi connectivity index (χ4v) is 2.79. The van der Waals surface area contributed by atoms with Crippen molar-refractivity contribution >= 4 is 17.1 Å². The highest BCUT2D eigenvalue weighted by Gasteiger charge is 2.25. The van der Waals surface area contributed by atoms with E-state index >= 15 is 0 Å². The predicted octanol–water partition coefficient (Wildman–Crippen LogP) is 3.88. The van der Waals surface area contributed by atoms with Crippen LogP contribution in [0.5, 0.6) is 0 Å². The number of halogens is 1. The average Bonchev–Trinajstić information content (AvgIpc) is 2.43. The van der Waals surface area contributed by atoms with E-state index in [0.717, 1.165) is 24.2 Å². The van der Waals surface area contributed by atoms with Crippen LogP contribution in [0.2, 0.25) is 0 Å². The van der Waals surface area contributed by atoms with Crippen LogP contribution in [0.1, 0.15) is 18.9 Å². The molecule has 3 heteroatoms. The lowest BCUT2D eigenvalue weighted by atomic mass is 9.95. The Hall–Kier alpha value is -2.03. The molecule has 1 aliphatic heterocycles. The fourth-order valence-electron chi connectivity index (χ4n) is 2.79. The van der Waals surface area contributed by atoms with Crippen LogP contribution in [0.15, 0.2) is 42.5 Å². The predicted molar refractivity (Wildman–Crippen MR) is 77.2 cm³/mol. The molecule has 0 saturated heterocycles. The first kappa shape index (κ1) is 12.0. The molecule has 1 atom stereocenters. The summed E-state index contributed by atoms with van der Waals surface area (Å²) in [5, 5.41) is 0. The maximum atomic E-state index is 13.7. The van der Waals surface area contributed by atoms with Crippen molar-refractivity contribution in [2.24, 2.45) is 0 Å². The van der Waals surface area contributed by atoms with Gasteiger partial charge in [0.2, 0.25) is 0 Å². The minimum absolute atomic E-state index is 0.228. The van der Waals surface area contributed by atoms with E-state index in [9.17, 15) is 4.39 Å². The monoisotopic (exact) mass is 256 g/mol. The zero-order chi connectivity index (χ0) is 13.4. The van der Waals surface area contributed by atoms with Crippen LogP contribution < -0.4 is 10.6 Å². The van der Waals surface area contributed by atoms with Gasteiger partial charge in [0.05, 0.1) is 11.4 Å². The van der Waals surface area contributed by atoms with Gasteiger partial charge in [-0.2, -0.15) is 0 Å². The Morgan fingerprint density at radius 1 is 1.11 bits per heavy atom. The van der Waals surface area contributed by atoms with Gasteiger partial charge in [-0.1, -0.05) is 24.3 Å². The van der Waals surface area contributed by atoms with Gasteiger partial charge in [-0.3, -0.25) is 0 Å². The first-order chi connectivity index (χ1) is 9.18. The Balaban J connectivity index is 2.16. The third-order valence-electron chi connectivity index (χ3n) is 3.81. The van der Waals surface area contributed by atoms with E-state index in [1.54, 1.807) is 6.07 Å². The van der Waals surface area contributed by atoms with Crippen LogP contribution in [0, 0.1) is 5.82 Å². The lowest BCUT2D eigenvalue weighted by Crippen LogP contribution is -2.33. The minimum atomic E-state index is -0.354. The van der Waals surface area contributed by atoms with E-state index in [-0.39, 0.29) is 11.5 Å². The second-order valence-corrected chi connectivity index (χ2v) is 5.06. The van der Waals surface area contributed by atoms with Crippen LogP contribution >= 0.6 is 0 Å². The van der Waals surface area contributed by atoms with Gasteiger partial charge in [0, 0.05) is 11.7 Å². The highest BCUT2D eigenvalue weighted by atomic mass is 19.1. The van der Waals surface area contributed by atoms with Crippen LogP contribution in [0.4, 0.5) is 21.5 Å². The Kier molecular flexibility index (Phi) is 2.90. The van der Waals surface area contributed by atoms with Crippen LogP contribution in [-0.2, 0) is 6.42 Å². The number of hydrogen-bond acceptors (Lipinski definition) is 2. The standard InChI is InChI=1S/C16H17FN2/c1-11-9-10-12-5-2-3-7-14(12)19(11)15-8-4-6-13(17)16(15)18/h2-8,11H,9-10,18H2,1H3. The molecule has 0 fully saturated rings. The van der Waals surface area contributed by atoms with Crippen molar-refractivity contribution in [3.8, 4) is 0 Å². The summed E-state index contributed by atoms with van der Waals surface area (Å²) in [6.45, 7) is 2.15. The van der Waals surface area contributed by atoms with Gasteiger partial charge in [0.1, 0.15) is 5.82 Å². The van der Waals surface area contributed by atoms with E-state index in [0.29, 0.717) is 6.04 Å². The third-order valence-corrected chi connectivity index (χ3v) is 3.81. The molecule has 19 heavy (non-hydrogen) atoms. The summed E-state index contributed by atoms with van der Waals surface area (Å²) < 4.78 is 13.7. The molecular weight excluding hydrogens is 239 g/mol. The molecule has 2 N–H and O–H groups in total. The zero-order valence-corrected chi connectivity index (χ0v) is 10.9. The minimum Gasteiger partial charge on any atom is -0.395 e. The maximum Gasteiger partial charge on any atom is 0.148 e. The molecule has 0 radical (unpaired) electrons. The van der Waals surface area contributed by atoms with Crippen LogP contribution in [0.3, 0.4) is 0 Å². The summed E-state index contributed by atoms with van der Waals surface area (Å²) in [7, 11) is 0. The summed E-state index contributed by atoms with van der Waals surface area (Å²) in [4.78, 5) is 2.15. The number of hydrogen-bond donors (Lipinski definition) is 1. The maximum absolute atomic E-state index is 13.7. The molecular formula is C16H17FN2. The molecule has 0 spiro atoms. The highest BCUT2D eigenvalue weighted by Crippen LogP contribution is 2.39. The Labute approximate surface area is 112 Å². The van der Waals surface area contributed by atoms with E-state index in [4.69, 9.17) is 5.73 Å². The first-order valence-corrected chi connectivity index (χ1v) is 6.59. The summed E-state index contributed by atoms with van der Waals surface area (Å²) in [6, 6.07) is 13.6. The molecule has 2 aromatic carbocycles. The number of benzene rings is 2. The normalized spacial score (nSPS) is 18.2. The van der Waals surface area contributed by atoms with Gasteiger partial charge >= 0.3 is 0 Å². The number of rotatable bonds is 1. The van der Waals surface area contributed by atoms with Crippen LogP contribution in [-0.4, -0.2) is 6.04 Å². The molecule has 0 amide bonds. The fraction of sp³-hybridized carbons (Fsp3) is 0.250. The molecule has 98 valence electrons. The van der Waals surface area contributed by atoms with Crippen molar-refractivity contribution in [1.29, 1.82) is 0 Å². The van der Waals surface area contributed by atoms with E-state index < -0.39 is 0 Å². The summed E-state index contributed by atoms with van der Waals surface area (Å²) in [5.41, 5.74) is 9.34. The van der Waals surface area contributed by atoms with Crippen molar-refractivity contribution in [3.63, 3.8) is 0 Å². The smallest absolute Gasteiger partial charge is 0.148 e. The largest absolute Gasteiger partial charge is 0.395 e. The molecule has 0 aliphatic carbocycles. The van der Waals surface area contributed by atoms with Crippen LogP contribution in [0.25, 0.3) is 0 Å². The number of nitrogen functional groups attached to an aromatic ring is 1. The molecule has 1 aliphatic rings. The van der Waals surface area contributed by atoms with Gasteiger partial charge in [0.15, 0.2) is 0 Å². The number of anilines is 3. The number of nitrogens with two attached hydrogens (primary N) is 1. The van der Waals surface area contributed by atoms with Gasteiger partial charge in [-0.05, 0) is 43.5 Å². The number of fused-ring (bicyclic) bond motifs is 1. The molecule has 2 aromatic rings. The number of para-hydroxylation sites is 2. The van der Waals surface area contributed by atoms with Gasteiger partial charge in [-0.15, -0.1) is 0 Å². The summed E-state index contributed by atoms with van der Waals surface area (Å²) in [5.74, 6) is -0.354. The lowest BCUT2D eigenvalue weighted by molar-refractivity contribution is 0.611. The molecule has 2 nitrogen and oxygen atoms in total. The summed E-state index contributed by atoms with van der Waals surface area (Å²) in [6.07, 6.45) is 2.11. The highest BCUT2D eigenvalue weighted by molar-refractivity contribution is 5.77. The van der Waals surface area contributed by atoms with Crippen molar-refractivity contribution < 1.29 is 4.39 Å². The van der Waals surface area contributed by atoms with E-state index in [2.05, 4.69) is 24.0 Å². The van der Waals surface area contributed by atoms with Gasteiger partial charge in [-0.25, -0.2) is 4.39 Å². The SMILES string of the molecule is CC1CCc2ccccc2N1c1cccc(F)c1N. The topological polar surface area (TPSA) is 29.3 Å². The third kappa shape index (κ3) is 1.95. The second kappa shape index (κ2) is 4.57. The first-order valence-electron chi connectivity index (χ1n) is 6.59. The second-order valence-electron chi connectivity index (χ2n) is 5.06. The molecule has 1 heterocycles. The molecule has 0 bridgehead atoms. The molecule has 0 aromatic heterocycles. The Morgan fingerprint density at radius 3 is 2.68 bits per heavy atom. The average molecular weight is 256 g/mol. The Bertz CT molecular complexity index is 609. The molecule has 3 rings (SSSR count). The molecule has 1 unspecified atom stereocenters. The van der Waals surface area contributed by atoms with Crippen molar-refractivity contribution in [3.05, 3.63) is 53.8 Å².